The molecule has 1 heterocycles. The van der Waals surface area contributed by atoms with Crippen LogP contribution in [-0.2, 0) is 15.6 Å². The smallest absolute Gasteiger partial charge is 0.277 e. The average Bonchev–Trinajstić information content (AvgIpc) is 2.63. The van der Waals surface area contributed by atoms with Crippen molar-refractivity contribution in [3.8, 4) is 0 Å². The molecule has 1 aromatic heterocycles. The summed E-state index contributed by atoms with van der Waals surface area (Å²) < 4.78 is 52.0. The quantitative estimate of drug-likeness (QED) is 0.525. The zero-order valence-electron chi connectivity index (χ0n) is 15.8. The summed E-state index contributed by atoms with van der Waals surface area (Å²) in [4.78, 5) is 19.5. The molecule has 0 saturated heterocycles. The fourth-order valence-corrected chi connectivity index (χ4v) is 3.89. The zero-order chi connectivity index (χ0) is 22.0. The average molecular weight is 445 g/mol. The number of carbonyl (C=O) groups is 1. The second kappa shape index (κ2) is 8.42. The molecule has 2 rings (SSSR count). The Hall–Kier alpha value is -2.59. The van der Waals surface area contributed by atoms with E-state index in [1.165, 1.54) is 27.0 Å². The number of halogens is 3. The van der Waals surface area contributed by atoms with Crippen molar-refractivity contribution in [2.24, 2.45) is 10.7 Å². The van der Waals surface area contributed by atoms with E-state index in [4.69, 9.17) is 17.3 Å². The number of amidine groups is 1. The molecule has 0 spiro atoms. The van der Waals surface area contributed by atoms with Crippen LogP contribution < -0.4 is 11.1 Å². The third kappa shape index (κ3) is 4.88. The largest absolute Gasteiger partial charge is 0.386 e. The molecule has 0 radical (unpaired) electrons. The molecular formula is C18H19ClF2N4O3S. The van der Waals surface area contributed by atoms with Gasteiger partial charge in [-0.2, -0.15) is 0 Å². The van der Waals surface area contributed by atoms with Gasteiger partial charge in [0.05, 0.1) is 10.8 Å². The fourth-order valence-electron chi connectivity index (χ4n) is 2.35. The maximum atomic E-state index is 14.2. The number of benzene rings is 1. The third-order valence-corrected chi connectivity index (χ3v) is 6.97. The first-order chi connectivity index (χ1) is 13.4. The van der Waals surface area contributed by atoms with E-state index in [0.29, 0.717) is 0 Å². The summed E-state index contributed by atoms with van der Waals surface area (Å²) in [5, 5.41) is 2.37. The van der Waals surface area contributed by atoms with Crippen LogP contribution in [0.5, 0.6) is 0 Å². The van der Waals surface area contributed by atoms with Crippen LogP contribution >= 0.6 is 11.6 Å². The Balaban J connectivity index is 2.31. The lowest BCUT2D eigenvalue weighted by Gasteiger charge is -2.24. The summed E-state index contributed by atoms with van der Waals surface area (Å²) in [5.74, 6) is -3.42. The third-order valence-electron chi connectivity index (χ3n) is 4.31. The molecule has 7 nitrogen and oxygen atoms in total. The number of hydrogen-bond donors (Lipinski definition) is 2. The number of nitrogens with two attached hydrogens (primary N) is 1. The van der Waals surface area contributed by atoms with E-state index in [1.54, 1.807) is 0 Å². The number of nitrogens with one attached hydrogen (secondary N) is 1. The summed E-state index contributed by atoms with van der Waals surface area (Å²) in [6.07, 6.45) is 1.10. The molecular weight excluding hydrogens is 426 g/mol. The van der Waals surface area contributed by atoms with Crippen LogP contribution in [-0.4, -0.2) is 36.9 Å². The van der Waals surface area contributed by atoms with Crippen LogP contribution in [0.2, 0.25) is 5.02 Å². The first-order valence-electron chi connectivity index (χ1n) is 8.25. The summed E-state index contributed by atoms with van der Waals surface area (Å²) >= 11 is 5.60. The number of aliphatic imine (C=N–C) groups is 1. The molecule has 0 unspecified atom stereocenters. The van der Waals surface area contributed by atoms with E-state index in [9.17, 15) is 22.0 Å². The minimum Gasteiger partial charge on any atom is -0.386 e. The van der Waals surface area contributed by atoms with Crippen LogP contribution in [0.4, 0.5) is 14.5 Å². The molecule has 0 aliphatic heterocycles. The van der Waals surface area contributed by atoms with Gasteiger partial charge in [-0.1, -0.05) is 11.6 Å². The van der Waals surface area contributed by atoms with Gasteiger partial charge in [0.25, 0.3) is 5.91 Å². The minimum absolute atomic E-state index is 0.0193. The number of hydrogen-bond acceptors (Lipinski definition) is 5. The molecule has 1 amide bonds. The number of carbonyl (C=O) groups excluding carboxylic acids is 1. The Labute approximate surface area is 171 Å². The predicted octanol–water partition coefficient (Wildman–Crippen LogP) is 2.95. The van der Waals surface area contributed by atoms with Gasteiger partial charge in [-0.15, -0.1) is 0 Å². The van der Waals surface area contributed by atoms with Gasteiger partial charge in [-0.3, -0.25) is 9.79 Å². The maximum absolute atomic E-state index is 14.2. The van der Waals surface area contributed by atoms with Crippen molar-refractivity contribution < 1.29 is 22.0 Å². The molecule has 29 heavy (non-hydrogen) atoms. The zero-order valence-corrected chi connectivity index (χ0v) is 17.4. The number of anilines is 1. The second-order valence-corrected chi connectivity index (χ2v) is 9.60. The van der Waals surface area contributed by atoms with Gasteiger partial charge in [0.1, 0.15) is 16.4 Å². The molecule has 0 bridgehead atoms. The minimum atomic E-state index is -3.95. The number of aromatic nitrogens is 1. The van der Waals surface area contributed by atoms with Gasteiger partial charge >= 0.3 is 0 Å². The summed E-state index contributed by atoms with van der Waals surface area (Å²) in [6.45, 7) is 2.73. The monoisotopic (exact) mass is 444 g/mol. The van der Waals surface area contributed by atoms with Crippen molar-refractivity contribution in [1.82, 2.24) is 4.98 Å². The van der Waals surface area contributed by atoms with Crippen molar-refractivity contribution in [2.45, 2.75) is 24.3 Å². The molecule has 156 valence electrons. The van der Waals surface area contributed by atoms with Gasteiger partial charge in [0, 0.05) is 24.5 Å². The lowest BCUT2D eigenvalue weighted by molar-refractivity contribution is 0.101. The van der Waals surface area contributed by atoms with E-state index >= 15 is 0 Å². The Bertz CT molecular complexity index is 1090. The normalized spacial score (nSPS) is 12.7. The van der Waals surface area contributed by atoms with Crippen molar-refractivity contribution in [1.29, 1.82) is 0 Å². The number of pyridine rings is 1. The Kier molecular flexibility index (Phi) is 6.59. The Morgan fingerprint density at radius 1 is 1.28 bits per heavy atom. The molecule has 3 N–H and O–H groups in total. The first kappa shape index (κ1) is 22.7. The number of nitrogens with zero attached hydrogens (tertiary/aromatic N) is 2. The maximum Gasteiger partial charge on any atom is 0.277 e. The van der Waals surface area contributed by atoms with Crippen LogP contribution in [0.25, 0.3) is 0 Å². The van der Waals surface area contributed by atoms with E-state index < -0.39 is 43.6 Å². The molecule has 1 aromatic carbocycles. The van der Waals surface area contributed by atoms with Gasteiger partial charge in [0.2, 0.25) is 0 Å². The van der Waals surface area contributed by atoms with Gasteiger partial charge < -0.3 is 11.1 Å². The highest BCUT2D eigenvalue weighted by atomic mass is 35.5. The predicted molar refractivity (Wildman–Crippen MR) is 108 cm³/mol. The van der Waals surface area contributed by atoms with E-state index in [2.05, 4.69) is 15.3 Å². The first-order valence-corrected chi connectivity index (χ1v) is 10.3. The molecule has 2 aromatic rings. The number of rotatable bonds is 6. The van der Waals surface area contributed by atoms with E-state index in [-0.39, 0.29) is 22.1 Å². The SMILES string of the molecule is CN=C(N)C(C)(C)S(=O)(=O)Cc1cc(NC(=O)c2ncc(Cl)cc2F)ccc1F. The number of amides is 1. The van der Waals surface area contributed by atoms with Crippen LogP contribution in [0.3, 0.4) is 0 Å². The van der Waals surface area contributed by atoms with Crippen LogP contribution in [0.1, 0.15) is 29.9 Å². The summed E-state index contributed by atoms with van der Waals surface area (Å²) in [7, 11) is -2.60. The van der Waals surface area contributed by atoms with Crippen molar-refractivity contribution in [3.05, 3.63) is 58.4 Å². The second-order valence-electron chi connectivity index (χ2n) is 6.62. The van der Waals surface area contributed by atoms with Gasteiger partial charge in [0.15, 0.2) is 21.3 Å². The molecule has 0 fully saturated rings. The summed E-state index contributed by atoms with van der Waals surface area (Å²) in [6, 6.07) is 4.28. The standard InChI is InChI=1S/C18H19ClF2N4O3S/c1-18(2,17(22)23-3)29(27,28)9-10-6-12(4-5-13(10)20)25-16(26)15-14(21)7-11(19)8-24-15/h4-8H,9H2,1-3H3,(H2,22,23)(H,25,26). The molecule has 0 atom stereocenters. The topological polar surface area (TPSA) is 115 Å². The molecule has 11 heteroatoms. The van der Waals surface area contributed by atoms with Gasteiger partial charge in [-0.05, 0) is 38.1 Å². The molecule has 0 saturated carbocycles. The van der Waals surface area contributed by atoms with Crippen LogP contribution in [0, 0.1) is 11.6 Å². The Morgan fingerprint density at radius 2 is 1.93 bits per heavy atom. The van der Waals surface area contributed by atoms with Crippen molar-refractivity contribution in [3.63, 3.8) is 0 Å². The Morgan fingerprint density at radius 3 is 2.52 bits per heavy atom. The highest BCUT2D eigenvalue weighted by molar-refractivity contribution is 7.92. The van der Waals surface area contributed by atoms with E-state index in [0.717, 1.165) is 24.4 Å². The highest BCUT2D eigenvalue weighted by Crippen LogP contribution is 2.25. The van der Waals surface area contributed by atoms with Crippen molar-refractivity contribution in [2.75, 3.05) is 12.4 Å². The lowest BCUT2D eigenvalue weighted by Crippen LogP contribution is -2.46. The van der Waals surface area contributed by atoms with Crippen LogP contribution in [0.15, 0.2) is 35.5 Å². The fraction of sp³-hybridized carbons (Fsp3) is 0.278. The number of sulfone groups is 1. The summed E-state index contributed by atoms with van der Waals surface area (Å²) in [5.41, 5.74) is 5.04. The van der Waals surface area contributed by atoms with Gasteiger partial charge in [-0.25, -0.2) is 22.2 Å². The highest BCUT2D eigenvalue weighted by Gasteiger charge is 2.38. The molecule has 0 aliphatic carbocycles. The van der Waals surface area contributed by atoms with E-state index in [1.807, 2.05) is 0 Å². The van der Waals surface area contributed by atoms with Crippen molar-refractivity contribution >= 4 is 38.9 Å². The molecule has 0 aliphatic rings. The lowest BCUT2D eigenvalue weighted by atomic mass is 10.2.